The highest BCUT2D eigenvalue weighted by atomic mass is 32.3. The molecule has 30 heteroatoms. The Kier molecular flexibility index (Phi) is 11.2. The van der Waals surface area contributed by atoms with Crippen LogP contribution in [0.1, 0.15) is 38.5 Å². The lowest BCUT2D eigenvalue weighted by Crippen LogP contribution is -2.47. The lowest BCUT2D eigenvalue weighted by atomic mass is 10.0. The second-order valence-electron chi connectivity index (χ2n) is 11.7. The fraction of sp³-hybridized carbons (Fsp3) is 0.714. The van der Waals surface area contributed by atoms with Crippen LogP contribution in [0.25, 0.3) is 0 Å². The molecule has 0 saturated carbocycles. The van der Waals surface area contributed by atoms with Gasteiger partial charge in [0.15, 0.2) is 0 Å². The first-order valence-corrected chi connectivity index (χ1v) is 18.7. The van der Waals surface area contributed by atoms with E-state index >= 15 is 0 Å². The van der Waals surface area contributed by atoms with Gasteiger partial charge in [-0.15, -0.1) is 12.9 Å². The Labute approximate surface area is 288 Å². The molecule has 9 N–H and O–H groups in total. The summed E-state index contributed by atoms with van der Waals surface area (Å²) in [5.74, 6) is -1.94. The lowest BCUT2D eigenvalue weighted by Gasteiger charge is -2.27. The van der Waals surface area contributed by atoms with Gasteiger partial charge in [0.25, 0.3) is 0 Å². The zero-order chi connectivity index (χ0) is 38.4. The van der Waals surface area contributed by atoms with Crippen molar-refractivity contribution in [2.75, 3.05) is 19.6 Å². The summed E-state index contributed by atoms with van der Waals surface area (Å²) in [6, 6.07) is -6.12. The molecule has 6 aliphatic heterocycles. The van der Waals surface area contributed by atoms with E-state index < -0.39 is 103 Å². The Morgan fingerprint density at radius 3 is 0.882 bits per heavy atom. The van der Waals surface area contributed by atoms with Crippen LogP contribution < -0.4 is 17.2 Å². The molecule has 6 heterocycles. The van der Waals surface area contributed by atoms with E-state index in [1.807, 2.05) is 0 Å². The number of nitrogens with two attached hydrogens (primary N) is 3. The predicted molar refractivity (Wildman–Crippen MR) is 158 cm³/mol. The van der Waals surface area contributed by atoms with Gasteiger partial charge in [-0.1, -0.05) is 0 Å². The summed E-state index contributed by atoms with van der Waals surface area (Å²) >= 11 is 0. The van der Waals surface area contributed by atoms with Gasteiger partial charge in [0.2, 0.25) is 17.7 Å². The van der Waals surface area contributed by atoms with Crippen molar-refractivity contribution < 1.29 is 80.5 Å². The smallest absolute Gasteiger partial charge is 0.368 e. The van der Waals surface area contributed by atoms with Gasteiger partial charge in [-0.25, -0.2) is 14.4 Å². The number of carbonyl (C=O) groups excluding carboxylic acids is 6. The number of hydrogen-bond donors (Lipinski definition) is 6. The Morgan fingerprint density at radius 2 is 0.706 bits per heavy atom. The minimum Gasteiger partial charge on any atom is -0.368 e. The predicted octanol–water partition coefficient (Wildman–Crippen LogP) is -4.58. The molecular formula is C21H33N9O18S3. The Morgan fingerprint density at radius 1 is 0.490 bits per heavy atom. The third-order valence-electron chi connectivity index (χ3n) is 8.48. The van der Waals surface area contributed by atoms with Crippen molar-refractivity contribution in [2.45, 2.75) is 74.8 Å². The van der Waals surface area contributed by atoms with Gasteiger partial charge in [0.1, 0.15) is 18.1 Å². The number of fused-ring (bicyclic) bond motifs is 6. The third kappa shape index (κ3) is 9.20. The van der Waals surface area contributed by atoms with Crippen LogP contribution in [-0.4, -0.2) is 161 Å². The van der Waals surface area contributed by atoms with Crippen molar-refractivity contribution in [3.63, 3.8) is 0 Å². The number of hydroxylamine groups is 6. The molecule has 0 spiro atoms. The molecule has 0 aromatic heterocycles. The van der Waals surface area contributed by atoms with Gasteiger partial charge in [-0.05, 0) is 38.5 Å². The van der Waals surface area contributed by atoms with Crippen molar-refractivity contribution in [2.24, 2.45) is 17.2 Å². The van der Waals surface area contributed by atoms with E-state index in [4.69, 9.17) is 30.9 Å². The number of primary amides is 3. The molecule has 0 aromatic carbocycles. The van der Waals surface area contributed by atoms with Crippen LogP contribution in [0.3, 0.4) is 0 Å². The molecule has 0 aliphatic carbocycles. The number of nitrogens with zero attached hydrogens (tertiary/aromatic N) is 6. The largest absolute Gasteiger partial charge is 0.418 e. The number of rotatable bonds is 9. The summed E-state index contributed by atoms with van der Waals surface area (Å²) in [5.41, 5.74) is 15.4. The first-order chi connectivity index (χ1) is 23.4. The van der Waals surface area contributed by atoms with Crippen LogP contribution in [-0.2, 0) is 58.4 Å². The van der Waals surface area contributed by atoms with Crippen LogP contribution in [0.4, 0.5) is 14.4 Å². The summed E-state index contributed by atoms with van der Waals surface area (Å²) < 4.78 is 102. The molecule has 6 atom stereocenters. The molecule has 9 amide bonds. The van der Waals surface area contributed by atoms with Crippen LogP contribution in [0.15, 0.2) is 0 Å². The lowest BCUT2D eigenvalue weighted by molar-refractivity contribution is -0.123. The summed E-state index contributed by atoms with van der Waals surface area (Å²) in [5, 5.41) is 1.70. The van der Waals surface area contributed by atoms with E-state index in [1.54, 1.807) is 0 Å². The fourth-order valence-corrected chi connectivity index (χ4v) is 7.55. The van der Waals surface area contributed by atoms with Gasteiger partial charge in [0.05, 0.1) is 18.1 Å². The Balaban J connectivity index is 0.000000172. The van der Waals surface area contributed by atoms with E-state index in [-0.39, 0.29) is 19.6 Å². The normalized spacial score (nSPS) is 28.6. The maximum atomic E-state index is 11.7. The van der Waals surface area contributed by atoms with E-state index in [9.17, 15) is 54.0 Å². The highest BCUT2D eigenvalue weighted by Gasteiger charge is 2.51. The van der Waals surface area contributed by atoms with E-state index in [1.165, 1.54) is 0 Å². The van der Waals surface area contributed by atoms with Crippen molar-refractivity contribution in [1.82, 2.24) is 29.9 Å². The first-order valence-electron chi connectivity index (χ1n) is 14.6. The Hall–Kier alpha value is -4.17. The number of piperidine rings is 3. The number of carbonyl (C=O) groups is 6. The molecule has 6 aliphatic rings. The minimum absolute atomic E-state index is 0.155. The van der Waals surface area contributed by atoms with Crippen molar-refractivity contribution >= 4 is 67.0 Å². The molecule has 6 saturated heterocycles. The fourth-order valence-electron chi connectivity index (χ4n) is 6.38. The average molecular weight is 796 g/mol. The molecular weight excluding hydrogens is 762 g/mol. The van der Waals surface area contributed by atoms with Gasteiger partial charge in [-0.3, -0.25) is 28.0 Å². The SMILES string of the molecule is NC(=O)[C@@H]1CC[C@@H]2CN1C(=O)N2OS(=O)(=O)O.NC(=O)[C@@H]1CC[C@@H]2CN1C(=O)N2OS(=O)(=O)O.NC(=O)[C@@H]1CC[C@@H]2CN1C(=O)N2OS(=O)(=O)O. The molecule has 27 nitrogen and oxygen atoms in total. The third-order valence-corrected chi connectivity index (χ3v) is 9.52. The van der Waals surface area contributed by atoms with Crippen LogP contribution in [0.2, 0.25) is 0 Å². The van der Waals surface area contributed by atoms with Crippen LogP contribution in [0, 0.1) is 0 Å². The van der Waals surface area contributed by atoms with Crippen LogP contribution in [0.5, 0.6) is 0 Å². The summed E-state index contributed by atoms with van der Waals surface area (Å²) in [4.78, 5) is 71.8. The molecule has 6 bridgehead atoms. The monoisotopic (exact) mass is 795 g/mol. The molecule has 0 aromatic rings. The molecule has 0 unspecified atom stereocenters. The highest BCUT2D eigenvalue weighted by Crippen LogP contribution is 2.32. The second kappa shape index (κ2) is 14.5. The number of amides is 9. The quantitative estimate of drug-likeness (QED) is 0.120. The van der Waals surface area contributed by atoms with Crippen molar-refractivity contribution in [1.29, 1.82) is 0 Å². The Bertz CT molecular complexity index is 1590. The van der Waals surface area contributed by atoms with Gasteiger partial charge in [-0.2, -0.15) is 40.4 Å². The summed E-state index contributed by atoms with van der Waals surface area (Å²) in [6.45, 7) is 0.464. The zero-order valence-corrected chi connectivity index (χ0v) is 28.4. The molecule has 6 rings (SSSR count). The molecule has 51 heavy (non-hydrogen) atoms. The van der Waals surface area contributed by atoms with Crippen molar-refractivity contribution in [3.8, 4) is 0 Å². The molecule has 288 valence electrons. The van der Waals surface area contributed by atoms with Gasteiger partial charge in [0, 0.05) is 19.6 Å². The molecule has 0 radical (unpaired) electrons. The first kappa shape index (κ1) is 39.6. The average Bonchev–Trinajstić information content (AvgIpc) is 3.47. The van der Waals surface area contributed by atoms with Gasteiger partial charge < -0.3 is 31.9 Å². The van der Waals surface area contributed by atoms with Crippen molar-refractivity contribution in [3.05, 3.63) is 0 Å². The highest BCUT2D eigenvalue weighted by molar-refractivity contribution is 7.81. The van der Waals surface area contributed by atoms with Gasteiger partial charge >= 0.3 is 49.3 Å². The molecule has 6 fully saturated rings. The standard InChI is InChI=1S/3C7H11N3O6S/c3*8-6(11)5-2-1-4-3-9(5)7(12)10(4)16-17(13,14)15/h3*4-5H,1-3H2,(H2,8,11)(H,13,14,15)/t3*4-,5+/m111/s1. The number of urea groups is 3. The summed E-state index contributed by atoms with van der Waals surface area (Å²) in [7, 11) is -14.3. The van der Waals surface area contributed by atoms with E-state index in [2.05, 4.69) is 12.9 Å². The maximum Gasteiger partial charge on any atom is 0.418 e. The number of hydrogen-bond acceptors (Lipinski definition) is 15. The topological polar surface area (TPSA) is 391 Å². The van der Waals surface area contributed by atoms with E-state index in [0.717, 1.165) is 14.7 Å². The van der Waals surface area contributed by atoms with Crippen LogP contribution >= 0.6 is 0 Å². The summed E-state index contributed by atoms with van der Waals surface area (Å²) in [6.07, 6.45) is 2.17. The zero-order valence-electron chi connectivity index (χ0n) is 25.9. The second-order valence-corrected chi connectivity index (χ2v) is 14.8. The maximum absolute atomic E-state index is 11.7. The minimum atomic E-state index is -4.75. The van der Waals surface area contributed by atoms with E-state index in [0.29, 0.717) is 53.7 Å².